The van der Waals surface area contributed by atoms with E-state index in [1.807, 2.05) is 58.6 Å². The number of thiazole rings is 1. The fourth-order valence-corrected chi connectivity index (χ4v) is 3.35. The first-order valence-electron chi connectivity index (χ1n) is 8.67. The number of hydrogen-bond acceptors (Lipinski definition) is 5. The molecule has 28 heavy (non-hydrogen) atoms. The summed E-state index contributed by atoms with van der Waals surface area (Å²) in [6, 6.07) is 11.4. The van der Waals surface area contributed by atoms with Crippen molar-refractivity contribution in [1.29, 1.82) is 0 Å². The number of hydrogen-bond donors (Lipinski definition) is 1. The van der Waals surface area contributed by atoms with Gasteiger partial charge in [0.05, 0.1) is 5.69 Å². The lowest BCUT2D eigenvalue weighted by molar-refractivity contribution is 0.101. The van der Waals surface area contributed by atoms with Crippen LogP contribution in [0.2, 0.25) is 0 Å². The van der Waals surface area contributed by atoms with Gasteiger partial charge in [0, 0.05) is 42.9 Å². The zero-order chi connectivity index (χ0) is 19.2. The van der Waals surface area contributed by atoms with E-state index in [2.05, 4.69) is 20.3 Å². The molecule has 0 spiro atoms. The molecule has 0 bridgehead atoms. The van der Waals surface area contributed by atoms with Gasteiger partial charge in [-0.2, -0.15) is 0 Å². The Bertz CT molecular complexity index is 1090. The Kier molecular flexibility index (Phi) is 5.35. The van der Waals surface area contributed by atoms with Crippen LogP contribution in [0.25, 0.3) is 12.2 Å². The van der Waals surface area contributed by atoms with Gasteiger partial charge < -0.3 is 4.57 Å². The molecule has 6 nitrogen and oxygen atoms in total. The summed E-state index contributed by atoms with van der Waals surface area (Å²) in [5, 5.41) is 5.34. The highest BCUT2D eigenvalue weighted by Gasteiger charge is 2.13. The molecular weight excluding hydrogens is 370 g/mol. The van der Waals surface area contributed by atoms with Crippen molar-refractivity contribution in [2.45, 2.75) is 6.54 Å². The lowest BCUT2D eigenvalue weighted by atomic mass is 10.2. The Morgan fingerprint density at radius 3 is 2.79 bits per heavy atom. The zero-order valence-corrected chi connectivity index (χ0v) is 15.7. The van der Waals surface area contributed by atoms with Crippen molar-refractivity contribution in [3.05, 3.63) is 95.3 Å². The summed E-state index contributed by atoms with van der Waals surface area (Å²) in [5.74, 6) is -0.184. The van der Waals surface area contributed by atoms with E-state index in [4.69, 9.17) is 0 Å². The van der Waals surface area contributed by atoms with Crippen LogP contribution in [-0.4, -0.2) is 25.4 Å². The Morgan fingerprint density at radius 2 is 1.96 bits per heavy atom. The molecule has 0 atom stereocenters. The number of pyridine rings is 2. The Morgan fingerprint density at radius 1 is 1.07 bits per heavy atom. The quantitative estimate of drug-likeness (QED) is 0.538. The van der Waals surface area contributed by atoms with E-state index in [0.29, 0.717) is 17.4 Å². The van der Waals surface area contributed by atoms with Crippen LogP contribution in [0.1, 0.15) is 27.3 Å². The second kappa shape index (κ2) is 8.41. The monoisotopic (exact) mass is 387 g/mol. The molecule has 1 N–H and O–H groups in total. The topological polar surface area (TPSA) is 72.7 Å². The summed E-state index contributed by atoms with van der Waals surface area (Å²) in [7, 11) is 0. The van der Waals surface area contributed by atoms with E-state index in [1.165, 1.54) is 11.3 Å². The Labute approximate surface area is 166 Å². The smallest absolute Gasteiger partial charge is 0.274 e. The minimum absolute atomic E-state index is 0.184. The molecular formula is C21H17N5OS. The van der Waals surface area contributed by atoms with Gasteiger partial charge in [-0.25, -0.2) is 4.98 Å². The summed E-state index contributed by atoms with van der Waals surface area (Å²) in [5.41, 5.74) is 3.45. The Balaban J connectivity index is 1.43. The predicted molar refractivity (Wildman–Crippen MR) is 111 cm³/mol. The normalized spacial score (nSPS) is 11.0. The minimum Gasteiger partial charge on any atom is -0.339 e. The van der Waals surface area contributed by atoms with E-state index >= 15 is 0 Å². The molecule has 0 aromatic carbocycles. The van der Waals surface area contributed by atoms with Crippen LogP contribution in [0.4, 0.5) is 5.13 Å². The number of nitrogens with one attached hydrogen (secondary N) is 1. The average molecular weight is 387 g/mol. The molecule has 0 aliphatic carbocycles. The first-order valence-corrected chi connectivity index (χ1v) is 9.55. The summed E-state index contributed by atoms with van der Waals surface area (Å²) in [6.45, 7) is 0.606. The van der Waals surface area contributed by atoms with E-state index in [0.717, 1.165) is 16.8 Å². The van der Waals surface area contributed by atoms with Crippen LogP contribution in [0.3, 0.4) is 0 Å². The highest BCUT2D eigenvalue weighted by Crippen LogP contribution is 2.19. The van der Waals surface area contributed by atoms with E-state index in [1.54, 1.807) is 30.9 Å². The van der Waals surface area contributed by atoms with Crippen molar-refractivity contribution < 1.29 is 4.79 Å². The van der Waals surface area contributed by atoms with Gasteiger partial charge in [-0.3, -0.25) is 20.1 Å². The molecule has 0 unspecified atom stereocenters. The number of rotatable bonds is 6. The van der Waals surface area contributed by atoms with E-state index in [-0.39, 0.29) is 5.91 Å². The highest BCUT2D eigenvalue weighted by molar-refractivity contribution is 7.14. The summed E-state index contributed by atoms with van der Waals surface area (Å²) >= 11 is 1.39. The van der Waals surface area contributed by atoms with Crippen molar-refractivity contribution in [2.24, 2.45) is 0 Å². The minimum atomic E-state index is -0.184. The molecule has 7 heteroatoms. The number of nitrogens with zero attached hydrogens (tertiary/aromatic N) is 4. The molecule has 0 aliphatic rings. The van der Waals surface area contributed by atoms with Gasteiger partial charge in [0.1, 0.15) is 5.69 Å². The summed E-state index contributed by atoms with van der Waals surface area (Å²) < 4.78 is 1.90. The molecule has 138 valence electrons. The second-order valence-electron chi connectivity index (χ2n) is 6.03. The van der Waals surface area contributed by atoms with Crippen LogP contribution < -0.4 is 5.32 Å². The maximum absolute atomic E-state index is 12.7. The van der Waals surface area contributed by atoms with Gasteiger partial charge in [0.15, 0.2) is 5.13 Å². The van der Waals surface area contributed by atoms with Crippen molar-refractivity contribution in [2.75, 3.05) is 5.32 Å². The SMILES string of the molecule is O=C(Nc1nc(C=Cc2cccnc2)cs1)c1cccn1Cc1ccncc1. The first kappa shape index (κ1) is 17.8. The van der Waals surface area contributed by atoms with Gasteiger partial charge in [0.25, 0.3) is 5.91 Å². The fourth-order valence-electron chi connectivity index (χ4n) is 2.68. The second-order valence-corrected chi connectivity index (χ2v) is 6.89. The van der Waals surface area contributed by atoms with Gasteiger partial charge in [-0.15, -0.1) is 11.3 Å². The Hall–Kier alpha value is -3.58. The molecule has 0 aliphatic heterocycles. The van der Waals surface area contributed by atoms with Crippen LogP contribution >= 0.6 is 11.3 Å². The maximum atomic E-state index is 12.7. The van der Waals surface area contributed by atoms with Crippen LogP contribution in [-0.2, 0) is 6.54 Å². The van der Waals surface area contributed by atoms with Crippen molar-refractivity contribution >= 4 is 34.5 Å². The average Bonchev–Trinajstić information content (AvgIpc) is 3.37. The molecule has 4 aromatic heterocycles. The molecule has 0 radical (unpaired) electrons. The molecule has 1 amide bonds. The molecule has 0 saturated carbocycles. The zero-order valence-electron chi connectivity index (χ0n) is 14.9. The fraction of sp³-hybridized carbons (Fsp3) is 0.0476. The molecule has 4 heterocycles. The highest BCUT2D eigenvalue weighted by atomic mass is 32.1. The number of carbonyl (C=O) groups excluding carboxylic acids is 1. The molecule has 0 saturated heterocycles. The standard InChI is InChI=1S/C21H17N5OS/c27-20(19-4-2-12-26(19)14-17-7-10-22-11-8-17)25-21-24-18(15-28-21)6-5-16-3-1-9-23-13-16/h1-13,15H,14H2,(H,24,25,27). The molecule has 4 rings (SSSR count). The summed E-state index contributed by atoms with van der Waals surface area (Å²) in [4.78, 5) is 25.2. The lowest BCUT2D eigenvalue weighted by Gasteiger charge is -2.08. The van der Waals surface area contributed by atoms with Gasteiger partial charge >= 0.3 is 0 Å². The third kappa shape index (κ3) is 4.39. The maximum Gasteiger partial charge on any atom is 0.274 e. The van der Waals surface area contributed by atoms with Gasteiger partial charge in [-0.1, -0.05) is 12.1 Å². The number of amides is 1. The van der Waals surface area contributed by atoms with Crippen molar-refractivity contribution in [3.63, 3.8) is 0 Å². The van der Waals surface area contributed by atoms with Crippen LogP contribution in [0.15, 0.2) is 72.8 Å². The third-order valence-electron chi connectivity index (χ3n) is 4.04. The van der Waals surface area contributed by atoms with Crippen molar-refractivity contribution in [1.82, 2.24) is 19.5 Å². The van der Waals surface area contributed by atoms with Crippen LogP contribution in [0, 0.1) is 0 Å². The first-order chi connectivity index (χ1) is 13.8. The van der Waals surface area contributed by atoms with E-state index in [9.17, 15) is 4.79 Å². The largest absolute Gasteiger partial charge is 0.339 e. The third-order valence-corrected chi connectivity index (χ3v) is 4.81. The predicted octanol–water partition coefficient (Wildman–Crippen LogP) is 4.21. The van der Waals surface area contributed by atoms with Crippen molar-refractivity contribution in [3.8, 4) is 0 Å². The number of aromatic nitrogens is 4. The number of anilines is 1. The molecule has 0 fully saturated rings. The number of carbonyl (C=O) groups is 1. The van der Waals surface area contributed by atoms with Gasteiger partial charge in [-0.05, 0) is 47.5 Å². The van der Waals surface area contributed by atoms with Crippen LogP contribution in [0.5, 0.6) is 0 Å². The molecule has 4 aromatic rings. The van der Waals surface area contributed by atoms with E-state index < -0.39 is 0 Å². The summed E-state index contributed by atoms with van der Waals surface area (Å²) in [6.07, 6.45) is 12.7. The van der Waals surface area contributed by atoms with Gasteiger partial charge in [0.2, 0.25) is 0 Å². The lowest BCUT2D eigenvalue weighted by Crippen LogP contribution is -2.17.